The van der Waals surface area contributed by atoms with Crippen molar-refractivity contribution in [2.24, 2.45) is 0 Å². The number of carbonyl (C=O) groups is 5. The molecule has 4 amide bonds. The first-order valence-electron chi connectivity index (χ1n) is 14.1. The second kappa shape index (κ2) is 13.7. The van der Waals surface area contributed by atoms with E-state index in [4.69, 9.17) is 14.3 Å². The molecule has 0 saturated carbocycles. The van der Waals surface area contributed by atoms with Gasteiger partial charge in [0.25, 0.3) is 0 Å². The number of carbonyl (C=O) groups excluding carboxylic acids is 5. The zero-order valence-electron chi connectivity index (χ0n) is 24.8. The standard InChI is InChI=1S/C29H38N6O8/c1-19(32-27(39)43-29(2,3)4)26(38)41-18-24-30-12-13-33(24)16-22(36)14-31-25(37)23-11-10-21-15-34(23)28(40)35(21)42-17-20-8-6-5-7-9-20/h5-9,12-13,19,21,23H,10-11,14-18H2,1-4H3,(H,31,37)(H,32,39)/t19-,21+,23-/m0/s1. The first-order chi connectivity index (χ1) is 20.4. The number of benzene rings is 1. The van der Waals surface area contributed by atoms with E-state index >= 15 is 0 Å². The number of ketones is 1. The van der Waals surface area contributed by atoms with E-state index in [0.717, 1.165) is 5.56 Å². The summed E-state index contributed by atoms with van der Waals surface area (Å²) < 4.78 is 11.9. The second-order valence-electron chi connectivity index (χ2n) is 11.5. The number of imidazole rings is 1. The summed E-state index contributed by atoms with van der Waals surface area (Å²) in [5.74, 6) is -1.10. The van der Waals surface area contributed by atoms with E-state index in [1.807, 2.05) is 30.3 Å². The van der Waals surface area contributed by atoms with E-state index in [9.17, 15) is 24.0 Å². The normalized spacial score (nSPS) is 18.7. The zero-order chi connectivity index (χ0) is 31.1. The molecule has 2 bridgehead atoms. The number of ether oxygens (including phenoxy) is 2. The monoisotopic (exact) mass is 598 g/mol. The van der Waals surface area contributed by atoms with Crippen molar-refractivity contribution in [3.05, 3.63) is 54.1 Å². The molecule has 0 aliphatic carbocycles. The van der Waals surface area contributed by atoms with Gasteiger partial charge < -0.3 is 29.6 Å². The third kappa shape index (κ3) is 8.53. The van der Waals surface area contributed by atoms with E-state index in [0.29, 0.717) is 25.2 Å². The summed E-state index contributed by atoms with van der Waals surface area (Å²) in [7, 11) is 0. The lowest BCUT2D eigenvalue weighted by molar-refractivity contribution is -0.147. The van der Waals surface area contributed by atoms with Crippen LogP contribution < -0.4 is 10.6 Å². The van der Waals surface area contributed by atoms with Crippen LogP contribution in [0, 0.1) is 0 Å². The fourth-order valence-electron chi connectivity index (χ4n) is 4.77. The minimum absolute atomic E-state index is 0.116. The fraction of sp³-hybridized carbons (Fsp3) is 0.517. The van der Waals surface area contributed by atoms with Crippen molar-refractivity contribution in [1.82, 2.24) is 30.1 Å². The summed E-state index contributed by atoms with van der Waals surface area (Å²) in [6.07, 6.45) is 3.33. The maximum absolute atomic E-state index is 13.0. The van der Waals surface area contributed by atoms with Crippen LogP contribution in [0.5, 0.6) is 0 Å². The maximum Gasteiger partial charge on any atom is 0.408 e. The van der Waals surface area contributed by atoms with Crippen LogP contribution in [0.4, 0.5) is 9.59 Å². The number of esters is 1. The molecule has 4 rings (SSSR count). The number of fused-ring (bicyclic) bond motifs is 2. The number of piperidine rings is 1. The highest BCUT2D eigenvalue weighted by molar-refractivity contribution is 5.91. The quantitative estimate of drug-likeness (QED) is 0.348. The molecular formula is C29H38N6O8. The van der Waals surface area contributed by atoms with Gasteiger partial charge in [-0.05, 0) is 46.1 Å². The van der Waals surface area contributed by atoms with Gasteiger partial charge in [-0.2, -0.15) is 5.06 Å². The Balaban J connectivity index is 1.21. The molecule has 1 aromatic heterocycles. The zero-order valence-corrected chi connectivity index (χ0v) is 24.8. The molecule has 14 nitrogen and oxygen atoms in total. The van der Waals surface area contributed by atoms with Crippen LogP contribution in [0.2, 0.25) is 0 Å². The Kier molecular flexibility index (Phi) is 10.0. The van der Waals surface area contributed by atoms with Crippen molar-refractivity contribution in [2.75, 3.05) is 13.1 Å². The number of hydrogen-bond acceptors (Lipinski definition) is 9. The maximum atomic E-state index is 13.0. The third-order valence-corrected chi connectivity index (χ3v) is 6.88. The predicted molar refractivity (Wildman–Crippen MR) is 151 cm³/mol. The van der Waals surface area contributed by atoms with Crippen molar-refractivity contribution >= 4 is 29.8 Å². The molecule has 3 atom stereocenters. The van der Waals surface area contributed by atoms with Crippen molar-refractivity contribution < 1.29 is 38.3 Å². The average molecular weight is 599 g/mol. The Bertz CT molecular complexity index is 1320. The number of amides is 4. The van der Waals surface area contributed by atoms with Gasteiger partial charge >= 0.3 is 18.1 Å². The topological polar surface area (TPSA) is 161 Å². The molecule has 3 heterocycles. The molecule has 2 fully saturated rings. The summed E-state index contributed by atoms with van der Waals surface area (Å²) >= 11 is 0. The van der Waals surface area contributed by atoms with Crippen LogP contribution in [-0.2, 0) is 48.5 Å². The predicted octanol–water partition coefficient (Wildman–Crippen LogP) is 1.93. The summed E-state index contributed by atoms with van der Waals surface area (Å²) in [6.45, 7) is 6.62. The lowest BCUT2D eigenvalue weighted by Crippen LogP contribution is -2.50. The minimum Gasteiger partial charge on any atom is -0.456 e. The number of nitrogens with zero attached hydrogens (tertiary/aromatic N) is 4. The summed E-state index contributed by atoms with van der Waals surface area (Å²) in [5.41, 5.74) is 0.220. The number of nitrogens with one attached hydrogen (secondary N) is 2. The summed E-state index contributed by atoms with van der Waals surface area (Å²) in [5, 5.41) is 6.41. The summed E-state index contributed by atoms with van der Waals surface area (Å²) in [6, 6.07) is 7.36. The Morgan fingerprint density at radius 2 is 1.84 bits per heavy atom. The fourth-order valence-corrected chi connectivity index (χ4v) is 4.77. The molecule has 0 radical (unpaired) electrons. The SMILES string of the molecule is C[C@H](NC(=O)OC(C)(C)C)C(=O)OCc1nccn1CC(=O)CNC(=O)[C@@H]1CC[C@@H]2CN1C(=O)N2OCc1ccccc1. The lowest BCUT2D eigenvalue weighted by atomic mass is 10.0. The second-order valence-corrected chi connectivity index (χ2v) is 11.5. The highest BCUT2D eigenvalue weighted by Gasteiger charge is 2.47. The van der Waals surface area contributed by atoms with Gasteiger partial charge in [0, 0.05) is 18.9 Å². The van der Waals surface area contributed by atoms with Crippen LogP contribution in [0.1, 0.15) is 51.9 Å². The largest absolute Gasteiger partial charge is 0.456 e. The number of urea groups is 1. The third-order valence-electron chi connectivity index (χ3n) is 6.88. The first-order valence-corrected chi connectivity index (χ1v) is 14.1. The molecule has 0 unspecified atom stereocenters. The molecular weight excluding hydrogens is 560 g/mol. The highest BCUT2D eigenvalue weighted by Crippen LogP contribution is 2.30. The molecule has 0 spiro atoms. The van der Waals surface area contributed by atoms with Gasteiger partial charge in [-0.3, -0.25) is 14.4 Å². The van der Waals surface area contributed by atoms with Gasteiger partial charge in [-0.25, -0.2) is 19.4 Å². The molecule has 1 aromatic carbocycles. The molecule has 232 valence electrons. The number of hydroxylamine groups is 2. The number of aromatic nitrogens is 2. The van der Waals surface area contributed by atoms with Gasteiger partial charge in [-0.1, -0.05) is 30.3 Å². The Hall–Kier alpha value is -4.46. The van der Waals surface area contributed by atoms with E-state index < -0.39 is 35.7 Å². The number of rotatable bonds is 12. The van der Waals surface area contributed by atoms with Gasteiger partial charge in [0.1, 0.15) is 36.7 Å². The van der Waals surface area contributed by atoms with Crippen molar-refractivity contribution in [3.8, 4) is 0 Å². The number of hydrogen-bond donors (Lipinski definition) is 2. The highest BCUT2D eigenvalue weighted by atomic mass is 16.7. The van der Waals surface area contributed by atoms with E-state index in [1.165, 1.54) is 27.7 Å². The number of alkyl carbamates (subject to hydrolysis) is 1. The molecule has 2 aromatic rings. The molecule has 14 heteroatoms. The van der Waals surface area contributed by atoms with Crippen molar-refractivity contribution in [2.45, 2.75) is 84.0 Å². The van der Waals surface area contributed by atoms with Crippen LogP contribution in [0.3, 0.4) is 0 Å². The average Bonchev–Trinajstić information content (AvgIpc) is 3.49. The molecule has 2 aliphatic heterocycles. The summed E-state index contributed by atoms with van der Waals surface area (Å²) in [4.78, 5) is 74.2. The first kappa shape index (κ1) is 31.5. The van der Waals surface area contributed by atoms with E-state index in [-0.39, 0.29) is 44.2 Å². The van der Waals surface area contributed by atoms with Gasteiger partial charge in [0.2, 0.25) is 5.91 Å². The lowest BCUT2D eigenvalue weighted by Gasteiger charge is -2.29. The van der Waals surface area contributed by atoms with Crippen molar-refractivity contribution in [3.63, 3.8) is 0 Å². The smallest absolute Gasteiger partial charge is 0.408 e. The minimum atomic E-state index is -0.963. The Morgan fingerprint density at radius 3 is 2.56 bits per heavy atom. The number of Topliss-reactive ketones (excluding diaryl/α,β-unsaturated/α-hetero) is 1. The van der Waals surface area contributed by atoms with Gasteiger partial charge in [-0.15, -0.1) is 0 Å². The van der Waals surface area contributed by atoms with Crippen LogP contribution in [-0.4, -0.2) is 86.1 Å². The molecule has 43 heavy (non-hydrogen) atoms. The van der Waals surface area contributed by atoms with Crippen molar-refractivity contribution in [1.29, 1.82) is 0 Å². The molecule has 2 saturated heterocycles. The Morgan fingerprint density at radius 1 is 1.09 bits per heavy atom. The van der Waals surface area contributed by atoms with Crippen LogP contribution >= 0.6 is 0 Å². The van der Waals surface area contributed by atoms with Crippen LogP contribution in [0.15, 0.2) is 42.7 Å². The van der Waals surface area contributed by atoms with Gasteiger partial charge in [0.15, 0.2) is 5.78 Å². The molecule has 2 aliphatic rings. The van der Waals surface area contributed by atoms with E-state index in [2.05, 4.69) is 15.6 Å². The molecule has 2 N–H and O–H groups in total. The Labute approximate surface area is 249 Å². The van der Waals surface area contributed by atoms with Gasteiger partial charge in [0.05, 0.1) is 19.1 Å². The van der Waals surface area contributed by atoms with Crippen LogP contribution in [0.25, 0.3) is 0 Å². The van der Waals surface area contributed by atoms with E-state index in [1.54, 1.807) is 27.0 Å².